The molecule has 0 atom stereocenters. The first-order valence-electron chi connectivity index (χ1n) is 5.88. The molecule has 0 spiro atoms. The monoisotopic (exact) mass is 203 g/mol. The number of aryl methyl sites for hydroxylation is 1. The van der Waals surface area contributed by atoms with E-state index in [0.717, 1.165) is 18.7 Å². The van der Waals surface area contributed by atoms with Crippen molar-refractivity contribution in [1.82, 2.24) is 9.97 Å². The molecular weight excluding hydrogens is 186 g/mol. The number of anilines is 1. The molecule has 0 bridgehead atoms. The van der Waals surface area contributed by atoms with Crippen LogP contribution < -0.4 is 5.32 Å². The van der Waals surface area contributed by atoms with Gasteiger partial charge in [-0.1, -0.05) is 0 Å². The number of hydrogen-bond donors (Lipinski definition) is 1. The number of rotatable bonds is 2. The lowest BCUT2D eigenvalue weighted by molar-refractivity contribution is 0.660. The summed E-state index contributed by atoms with van der Waals surface area (Å²) in [6, 6.07) is 0. The van der Waals surface area contributed by atoms with Crippen LogP contribution in [0.4, 0.5) is 5.82 Å². The second kappa shape index (κ2) is 3.19. The first-order chi connectivity index (χ1) is 7.27. The maximum Gasteiger partial charge on any atom is 0.133 e. The highest BCUT2D eigenvalue weighted by molar-refractivity contribution is 5.50. The molecular formula is C12H17N3. The Labute approximate surface area is 90.3 Å². The molecule has 3 heteroatoms. The second-order valence-electron chi connectivity index (χ2n) is 5.04. The lowest BCUT2D eigenvalue weighted by Gasteiger charge is -2.20. The van der Waals surface area contributed by atoms with Crippen LogP contribution in [0.25, 0.3) is 0 Å². The van der Waals surface area contributed by atoms with E-state index in [4.69, 9.17) is 0 Å². The van der Waals surface area contributed by atoms with Gasteiger partial charge in [-0.25, -0.2) is 9.97 Å². The van der Waals surface area contributed by atoms with Crippen molar-refractivity contribution in [1.29, 1.82) is 0 Å². The van der Waals surface area contributed by atoms with Crippen molar-refractivity contribution < 1.29 is 0 Å². The van der Waals surface area contributed by atoms with E-state index in [1.165, 1.54) is 36.9 Å². The number of nitrogens with zero attached hydrogens (tertiary/aromatic N) is 2. The zero-order valence-corrected chi connectivity index (χ0v) is 9.21. The van der Waals surface area contributed by atoms with Gasteiger partial charge in [0.25, 0.3) is 0 Å². The highest BCUT2D eigenvalue weighted by Crippen LogP contribution is 2.39. The predicted octanol–water partition coefficient (Wildman–Crippen LogP) is 2.32. The highest BCUT2D eigenvalue weighted by atomic mass is 15.1. The summed E-state index contributed by atoms with van der Waals surface area (Å²) < 4.78 is 0. The summed E-state index contributed by atoms with van der Waals surface area (Å²) in [5.41, 5.74) is 2.96. The maximum atomic E-state index is 4.40. The van der Waals surface area contributed by atoms with Crippen molar-refractivity contribution in [3.63, 3.8) is 0 Å². The fourth-order valence-electron chi connectivity index (χ4n) is 2.23. The minimum atomic E-state index is 0.319. The zero-order valence-electron chi connectivity index (χ0n) is 9.21. The van der Waals surface area contributed by atoms with E-state index in [9.17, 15) is 0 Å². The highest BCUT2D eigenvalue weighted by Gasteiger charge is 2.38. The third-order valence-corrected chi connectivity index (χ3v) is 3.55. The van der Waals surface area contributed by atoms with Gasteiger partial charge in [-0.05, 0) is 45.4 Å². The molecule has 1 N–H and O–H groups in total. The molecule has 3 rings (SSSR count). The van der Waals surface area contributed by atoms with Gasteiger partial charge in [0, 0.05) is 16.8 Å². The molecule has 0 saturated heterocycles. The van der Waals surface area contributed by atoms with Crippen molar-refractivity contribution in [2.75, 3.05) is 5.32 Å². The smallest absolute Gasteiger partial charge is 0.133 e. The normalized spacial score (nSPS) is 21.9. The molecule has 0 unspecified atom stereocenters. The van der Waals surface area contributed by atoms with Gasteiger partial charge in [-0.15, -0.1) is 0 Å². The molecule has 0 aromatic carbocycles. The summed E-state index contributed by atoms with van der Waals surface area (Å²) in [4.78, 5) is 8.77. The molecule has 2 aliphatic rings. The van der Waals surface area contributed by atoms with Crippen LogP contribution in [-0.4, -0.2) is 15.5 Å². The number of nitrogens with one attached hydrogen (secondary N) is 1. The first-order valence-corrected chi connectivity index (χ1v) is 5.88. The van der Waals surface area contributed by atoms with Gasteiger partial charge in [-0.2, -0.15) is 0 Å². The Kier molecular flexibility index (Phi) is 1.94. The molecule has 0 amide bonds. The number of fused-ring (bicyclic) bond motifs is 1. The minimum Gasteiger partial charge on any atom is -0.365 e. The van der Waals surface area contributed by atoms with Crippen LogP contribution in [0.5, 0.6) is 0 Å². The van der Waals surface area contributed by atoms with Gasteiger partial charge in [0.2, 0.25) is 0 Å². The summed E-state index contributed by atoms with van der Waals surface area (Å²) >= 11 is 0. The fraction of sp³-hybridized carbons (Fsp3) is 0.667. The first kappa shape index (κ1) is 9.13. The fourth-order valence-corrected chi connectivity index (χ4v) is 2.23. The van der Waals surface area contributed by atoms with Gasteiger partial charge < -0.3 is 5.32 Å². The van der Waals surface area contributed by atoms with E-state index in [1.807, 2.05) is 0 Å². The Bertz CT molecular complexity index is 382. The van der Waals surface area contributed by atoms with Crippen molar-refractivity contribution in [3.8, 4) is 0 Å². The number of aromatic nitrogens is 2. The van der Waals surface area contributed by atoms with Gasteiger partial charge in [0.1, 0.15) is 12.1 Å². The van der Waals surface area contributed by atoms with Crippen LogP contribution in [-0.2, 0) is 12.8 Å². The van der Waals surface area contributed by atoms with Gasteiger partial charge in [-0.3, -0.25) is 0 Å². The predicted molar refractivity (Wildman–Crippen MR) is 59.9 cm³/mol. The molecule has 2 aliphatic carbocycles. The number of hydrogen-bond acceptors (Lipinski definition) is 3. The average molecular weight is 203 g/mol. The van der Waals surface area contributed by atoms with Crippen molar-refractivity contribution in [2.24, 2.45) is 0 Å². The molecule has 1 fully saturated rings. The summed E-state index contributed by atoms with van der Waals surface area (Å²) in [5.74, 6) is 1.10. The molecule has 15 heavy (non-hydrogen) atoms. The lowest BCUT2D eigenvalue weighted by atomic mass is 9.96. The third-order valence-electron chi connectivity index (χ3n) is 3.55. The standard InChI is InChI=1S/C12H17N3/c1-12(6-7-12)15-11-9-4-2-3-5-10(9)13-8-14-11/h8H,2-7H2,1H3,(H,13,14,15). The molecule has 1 aromatic heterocycles. The largest absolute Gasteiger partial charge is 0.365 e. The summed E-state index contributed by atoms with van der Waals surface area (Å²) in [7, 11) is 0. The molecule has 0 aliphatic heterocycles. The van der Waals surface area contributed by atoms with Gasteiger partial charge >= 0.3 is 0 Å². The zero-order chi connectivity index (χ0) is 10.3. The Balaban J connectivity index is 1.92. The van der Waals surface area contributed by atoms with Crippen molar-refractivity contribution in [3.05, 3.63) is 17.6 Å². The molecule has 1 aromatic rings. The molecule has 80 valence electrons. The molecule has 0 radical (unpaired) electrons. The van der Waals surface area contributed by atoms with Crippen molar-refractivity contribution in [2.45, 2.75) is 51.0 Å². The van der Waals surface area contributed by atoms with E-state index in [-0.39, 0.29) is 0 Å². The molecule has 1 heterocycles. The van der Waals surface area contributed by atoms with Crippen LogP contribution in [0.2, 0.25) is 0 Å². The lowest BCUT2D eigenvalue weighted by Crippen LogP contribution is -2.20. The minimum absolute atomic E-state index is 0.319. The van der Waals surface area contributed by atoms with E-state index in [1.54, 1.807) is 6.33 Å². The van der Waals surface area contributed by atoms with Crippen LogP contribution >= 0.6 is 0 Å². The topological polar surface area (TPSA) is 37.8 Å². The Morgan fingerprint density at radius 3 is 2.80 bits per heavy atom. The van der Waals surface area contributed by atoms with E-state index >= 15 is 0 Å². The van der Waals surface area contributed by atoms with Crippen molar-refractivity contribution >= 4 is 5.82 Å². The van der Waals surface area contributed by atoms with E-state index < -0.39 is 0 Å². The van der Waals surface area contributed by atoms with E-state index in [0.29, 0.717) is 5.54 Å². The van der Waals surface area contributed by atoms with Gasteiger partial charge in [0.15, 0.2) is 0 Å². The second-order valence-corrected chi connectivity index (χ2v) is 5.04. The summed E-state index contributed by atoms with van der Waals surface area (Å²) in [6.07, 6.45) is 9.08. The Morgan fingerprint density at radius 2 is 2.00 bits per heavy atom. The van der Waals surface area contributed by atoms with Crippen LogP contribution in [0.1, 0.15) is 43.9 Å². The van der Waals surface area contributed by atoms with E-state index in [2.05, 4.69) is 22.2 Å². The quantitative estimate of drug-likeness (QED) is 0.801. The van der Waals surface area contributed by atoms with Crippen LogP contribution in [0.15, 0.2) is 6.33 Å². The van der Waals surface area contributed by atoms with Crippen LogP contribution in [0, 0.1) is 0 Å². The average Bonchev–Trinajstić information content (AvgIpc) is 2.97. The third kappa shape index (κ3) is 1.71. The summed E-state index contributed by atoms with van der Waals surface area (Å²) in [5, 5.41) is 3.57. The van der Waals surface area contributed by atoms with Gasteiger partial charge in [0.05, 0.1) is 0 Å². The Morgan fingerprint density at radius 1 is 1.20 bits per heavy atom. The summed E-state index contributed by atoms with van der Waals surface area (Å²) in [6.45, 7) is 2.27. The molecule has 1 saturated carbocycles. The van der Waals surface area contributed by atoms with Crippen LogP contribution in [0.3, 0.4) is 0 Å². The Hall–Kier alpha value is -1.12. The molecule has 3 nitrogen and oxygen atoms in total. The SMILES string of the molecule is CC1(Nc2ncnc3c2CCCC3)CC1. The maximum absolute atomic E-state index is 4.40.